The third-order valence-corrected chi connectivity index (χ3v) is 4.84. The van der Waals surface area contributed by atoms with E-state index in [1.807, 2.05) is 0 Å². The van der Waals surface area contributed by atoms with Gasteiger partial charge in [-0.05, 0) is 44.9 Å². The number of benzene rings is 1. The summed E-state index contributed by atoms with van der Waals surface area (Å²) < 4.78 is 47.2. The quantitative estimate of drug-likeness (QED) is 0.743. The second-order valence-electron chi connectivity index (χ2n) is 8.27. The first-order valence-corrected chi connectivity index (χ1v) is 9.48. The van der Waals surface area contributed by atoms with Gasteiger partial charge in [0.15, 0.2) is 0 Å². The molecule has 0 radical (unpaired) electrons. The maximum absolute atomic E-state index is 14.8. The number of likely N-dealkylation sites (tertiary alicyclic amines) is 1. The van der Waals surface area contributed by atoms with E-state index >= 15 is 0 Å². The van der Waals surface area contributed by atoms with Crippen LogP contribution >= 0.6 is 0 Å². The molecule has 1 fully saturated rings. The molecule has 158 valence electrons. The van der Waals surface area contributed by atoms with E-state index < -0.39 is 47.4 Å². The van der Waals surface area contributed by atoms with Crippen LogP contribution in [0, 0.1) is 17.6 Å². The first-order chi connectivity index (χ1) is 13.5. The normalized spacial score (nSPS) is 24.7. The van der Waals surface area contributed by atoms with E-state index in [2.05, 4.69) is 5.10 Å². The minimum absolute atomic E-state index is 0.107. The third-order valence-electron chi connectivity index (χ3n) is 4.84. The number of carbonyl (C=O) groups is 2. The highest BCUT2D eigenvalue weighted by Crippen LogP contribution is 2.33. The highest BCUT2D eigenvalue weighted by molar-refractivity contribution is 5.83. The van der Waals surface area contributed by atoms with Gasteiger partial charge in [-0.15, -0.1) is 0 Å². The largest absolute Gasteiger partial charge is 0.444 e. The minimum Gasteiger partial charge on any atom is -0.444 e. The number of halogens is 3. The lowest BCUT2D eigenvalue weighted by Gasteiger charge is -2.36. The van der Waals surface area contributed by atoms with Crippen molar-refractivity contribution in [2.45, 2.75) is 51.4 Å². The number of nitrogens with zero attached hydrogens (tertiary/aromatic N) is 3. The van der Waals surface area contributed by atoms with Crippen LogP contribution in [0.25, 0.3) is 0 Å². The Balaban J connectivity index is 1.68. The molecule has 2 amide bonds. The lowest BCUT2D eigenvalue weighted by Crippen LogP contribution is -2.50. The molecule has 1 aromatic carbocycles. The molecule has 2 heterocycles. The van der Waals surface area contributed by atoms with Gasteiger partial charge in [0.05, 0.1) is 18.5 Å². The maximum atomic E-state index is 14.8. The molecular formula is C20H24F3N3O3. The Morgan fingerprint density at radius 1 is 1.17 bits per heavy atom. The standard InChI is InChI=1S/C20H24F3N3O3/c1-20(2,3)29-19(28)25-7-5-15(16(23)11-25)18(27)26-17(4-6-24-26)12-8-13(21)10-14(22)9-12/h6,8-10,15-17H,4-5,7,11H2,1-3H3/t15-,16+,17+/m0/s1. The van der Waals surface area contributed by atoms with Gasteiger partial charge in [0, 0.05) is 25.2 Å². The van der Waals surface area contributed by atoms with Gasteiger partial charge < -0.3 is 9.64 Å². The van der Waals surface area contributed by atoms with Gasteiger partial charge in [-0.3, -0.25) is 4.79 Å². The first kappa shape index (κ1) is 21.1. The number of rotatable bonds is 2. The summed E-state index contributed by atoms with van der Waals surface area (Å²) in [5.74, 6) is -3.07. The molecule has 9 heteroatoms. The Bertz CT molecular complexity index is 805. The average molecular weight is 411 g/mol. The number of carbonyl (C=O) groups excluding carboxylic acids is 2. The van der Waals surface area contributed by atoms with Crippen molar-refractivity contribution in [2.24, 2.45) is 11.0 Å². The molecule has 0 spiro atoms. The summed E-state index contributed by atoms with van der Waals surface area (Å²) >= 11 is 0. The zero-order chi connectivity index (χ0) is 21.3. The SMILES string of the molecule is CC(C)(C)OC(=O)N1CC[C@H](C(=O)N2N=CC[C@@H]2c2cc(F)cc(F)c2)[C@H](F)C1. The van der Waals surface area contributed by atoms with Crippen molar-refractivity contribution in [1.82, 2.24) is 9.91 Å². The lowest BCUT2D eigenvalue weighted by molar-refractivity contribution is -0.141. The summed E-state index contributed by atoms with van der Waals surface area (Å²) in [4.78, 5) is 26.3. The molecule has 0 bridgehead atoms. The fourth-order valence-electron chi connectivity index (χ4n) is 3.52. The van der Waals surface area contributed by atoms with Crippen molar-refractivity contribution in [3.8, 4) is 0 Å². The summed E-state index contributed by atoms with van der Waals surface area (Å²) in [6.45, 7) is 5.06. The van der Waals surface area contributed by atoms with Crippen molar-refractivity contribution >= 4 is 18.2 Å². The van der Waals surface area contributed by atoms with Gasteiger partial charge in [0.2, 0.25) is 5.91 Å². The third kappa shape index (κ3) is 4.89. The highest BCUT2D eigenvalue weighted by atomic mass is 19.1. The van der Waals surface area contributed by atoms with Crippen LogP contribution in [0.5, 0.6) is 0 Å². The fourth-order valence-corrected chi connectivity index (χ4v) is 3.52. The van der Waals surface area contributed by atoms with E-state index in [9.17, 15) is 22.8 Å². The molecule has 1 aromatic rings. The van der Waals surface area contributed by atoms with Gasteiger partial charge >= 0.3 is 6.09 Å². The number of hydrogen-bond acceptors (Lipinski definition) is 4. The van der Waals surface area contributed by atoms with Crippen molar-refractivity contribution in [3.05, 3.63) is 35.4 Å². The van der Waals surface area contributed by atoms with E-state index in [0.29, 0.717) is 0 Å². The van der Waals surface area contributed by atoms with Crippen LogP contribution in [0.15, 0.2) is 23.3 Å². The summed E-state index contributed by atoms with van der Waals surface area (Å²) in [5, 5.41) is 5.10. The smallest absolute Gasteiger partial charge is 0.410 e. The monoisotopic (exact) mass is 411 g/mol. The van der Waals surface area contributed by atoms with E-state index in [-0.39, 0.29) is 31.5 Å². The molecule has 29 heavy (non-hydrogen) atoms. The van der Waals surface area contributed by atoms with E-state index in [1.54, 1.807) is 20.8 Å². The van der Waals surface area contributed by atoms with Gasteiger partial charge in [-0.2, -0.15) is 5.10 Å². The van der Waals surface area contributed by atoms with Gasteiger partial charge in [-0.25, -0.2) is 23.0 Å². The highest BCUT2D eigenvalue weighted by Gasteiger charge is 2.42. The zero-order valence-corrected chi connectivity index (χ0v) is 16.6. The van der Waals surface area contributed by atoms with Gasteiger partial charge in [0.25, 0.3) is 0 Å². The molecule has 0 aromatic heterocycles. The minimum atomic E-state index is -1.59. The summed E-state index contributed by atoms with van der Waals surface area (Å²) in [7, 11) is 0. The average Bonchev–Trinajstić information content (AvgIpc) is 3.08. The molecule has 3 rings (SSSR count). The van der Waals surface area contributed by atoms with Crippen molar-refractivity contribution in [2.75, 3.05) is 13.1 Å². The van der Waals surface area contributed by atoms with Gasteiger partial charge in [-0.1, -0.05) is 0 Å². The predicted octanol–water partition coefficient (Wildman–Crippen LogP) is 3.82. The Kier molecular flexibility index (Phi) is 5.86. The molecule has 0 N–H and O–H groups in total. The van der Waals surface area contributed by atoms with Crippen LogP contribution in [-0.4, -0.2) is 53.0 Å². The molecule has 1 saturated heterocycles. The molecule has 2 aliphatic rings. The van der Waals surface area contributed by atoms with Crippen LogP contribution < -0.4 is 0 Å². The fraction of sp³-hybridized carbons (Fsp3) is 0.550. The number of alkyl halides is 1. The number of hydrogen-bond donors (Lipinski definition) is 0. The van der Waals surface area contributed by atoms with E-state index in [4.69, 9.17) is 4.74 Å². The Morgan fingerprint density at radius 3 is 2.41 bits per heavy atom. The predicted molar refractivity (Wildman–Crippen MR) is 99.9 cm³/mol. The van der Waals surface area contributed by atoms with Crippen molar-refractivity contribution < 1.29 is 27.5 Å². The molecule has 2 aliphatic heterocycles. The van der Waals surface area contributed by atoms with Crippen LogP contribution in [0.2, 0.25) is 0 Å². The second-order valence-corrected chi connectivity index (χ2v) is 8.27. The molecule has 0 aliphatic carbocycles. The number of piperidine rings is 1. The number of hydrazone groups is 1. The van der Waals surface area contributed by atoms with Crippen molar-refractivity contribution in [1.29, 1.82) is 0 Å². The zero-order valence-electron chi connectivity index (χ0n) is 16.6. The summed E-state index contributed by atoms with van der Waals surface area (Å²) in [6, 6.07) is 2.33. The Labute approximate surface area is 167 Å². The molecule has 0 saturated carbocycles. The molecule has 6 nitrogen and oxygen atoms in total. The number of amides is 2. The first-order valence-electron chi connectivity index (χ1n) is 9.48. The van der Waals surface area contributed by atoms with Gasteiger partial charge in [0.1, 0.15) is 23.4 Å². The summed E-state index contributed by atoms with van der Waals surface area (Å²) in [5.41, 5.74) is -0.442. The molecular weight excluding hydrogens is 387 g/mol. The Hall–Kier alpha value is -2.58. The van der Waals surface area contributed by atoms with Crippen molar-refractivity contribution in [3.63, 3.8) is 0 Å². The van der Waals surface area contributed by atoms with E-state index in [0.717, 1.165) is 23.2 Å². The van der Waals surface area contributed by atoms with Crippen LogP contribution in [0.3, 0.4) is 0 Å². The van der Waals surface area contributed by atoms with E-state index in [1.165, 1.54) is 11.1 Å². The summed E-state index contributed by atoms with van der Waals surface area (Å²) in [6.07, 6.45) is -0.366. The Morgan fingerprint density at radius 2 is 1.83 bits per heavy atom. The van der Waals surface area contributed by atoms with Crippen LogP contribution in [0.4, 0.5) is 18.0 Å². The topological polar surface area (TPSA) is 62.2 Å². The van der Waals surface area contributed by atoms with Crippen LogP contribution in [-0.2, 0) is 9.53 Å². The number of ether oxygens (including phenoxy) is 1. The lowest BCUT2D eigenvalue weighted by atomic mass is 9.93. The molecule has 3 atom stereocenters. The second kappa shape index (κ2) is 8.04. The maximum Gasteiger partial charge on any atom is 0.410 e. The van der Waals surface area contributed by atoms with Crippen LogP contribution in [0.1, 0.15) is 45.2 Å². The molecule has 0 unspecified atom stereocenters.